The van der Waals surface area contributed by atoms with Gasteiger partial charge < -0.3 is 15.1 Å². The molecule has 2 heterocycles. The Balaban J connectivity index is 1.39. The van der Waals surface area contributed by atoms with Crippen LogP contribution >= 0.6 is 0 Å². The Hall–Kier alpha value is -2.66. The molecule has 4 rings (SSSR count). The van der Waals surface area contributed by atoms with Gasteiger partial charge in [0.1, 0.15) is 0 Å². The highest BCUT2D eigenvalue weighted by Crippen LogP contribution is 2.32. The minimum absolute atomic E-state index is 0.0169. The summed E-state index contributed by atoms with van der Waals surface area (Å²) in [6.07, 6.45) is 3.43. The van der Waals surface area contributed by atoms with Crippen LogP contribution in [0.1, 0.15) is 35.7 Å². The summed E-state index contributed by atoms with van der Waals surface area (Å²) in [4.78, 5) is 28.3. The van der Waals surface area contributed by atoms with Crippen molar-refractivity contribution in [2.45, 2.75) is 26.2 Å². The van der Waals surface area contributed by atoms with Crippen LogP contribution in [0.3, 0.4) is 0 Å². The molecule has 2 aromatic carbocycles. The van der Waals surface area contributed by atoms with E-state index in [2.05, 4.69) is 16.3 Å². The van der Waals surface area contributed by atoms with Crippen molar-refractivity contribution in [3.63, 3.8) is 0 Å². The molecule has 0 saturated carbocycles. The van der Waals surface area contributed by atoms with Gasteiger partial charge in [0.2, 0.25) is 5.91 Å². The number of rotatable bonds is 5. The van der Waals surface area contributed by atoms with Crippen molar-refractivity contribution >= 4 is 17.5 Å². The Labute approximate surface area is 166 Å². The van der Waals surface area contributed by atoms with E-state index in [4.69, 9.17) is 0 Å². The molecule has 1 fully saturated rings. The van der Waals surface area contributed by atoms with Crippen LogP contribution in [0, 0.1) is 0 Å². The van der Waals surface area contributed by atoms with Gasteiger partial charge in [0, 0.05) is 37.8 Å². The third-order valence-corrected chi connectivity index (χ3v) is 5.75. The van der Waals surface area contributed by atoms with Crippen molar-refractivity contribution < 1.29 is 9.59 Å². The molecule has 1 N–H and O–H groups in total. The molecule has 2 amide bonds. The predicted molar refractivity (Wildman–Crippen MR) is 112 cm³/mol. The normalized spacial score (nSPS) is 16.2. The topological polar surface area (TPSA) is 52.7 Å². The van der Waals surface area contributed by atoms with E-state index in [-0.39, 0.29) is 11.8 Å². The minimum Gasteiger partial charge on any atom is -0.351 e. The highest BCUT2D eigenvalue weighted by molar-refractivity contribution is 5.95. The number of carbonyl (C=O) groups is 2. The number of likely N-dealkylation sites (tertiary alicyclic amines) is 1. The molecule has 5 heteroatoms. The molecule has 1 saturated heterocycles. The zero-order valence-electron chi connectivity index (χ0n) is 16.4. The first-order valence-corrected chi connectivity index (χ1v) is 10.1. The van der Waals surface area contributed by atoms with Gasteiger partial charge in [0.05, 0.1) is 0 Å². The van der Waals surface area contributed by atoms with Gasteiger partial charge >= 0.3 is 0 Å². The monoisotopic (exact) mass is 377 g/mol. The van der Waals surface area contributed by atoms with Gasteiger partial charge in [-0.2, -0.15) is 0 Å². The fraction of sp³-hybridized carbons (Fsp3) is 0.391. The van der Waals surface area contributed by atoms with Crippen LogP contribution in [0.15, 0.2) is 42.5 Å². The maximum absolute atomic E-state index is 12.4. The molecule has 0 unspecified atom stereocenters. The molecular weight excluding hydrogens is 350 g/mol. The first-order chi connectivity index (χ1) is 13.6. The summed E-state index contributed by atoms with van der Waals surface area (Å²) in [5.41, 5.74) is 5.11. The van der Waals surface area contributed by atoms with Crippen LogP contribution in [-0.4, -0.2) is 49.4 Å². The molecule has 2 aliphatic heterocycles. The van der Waals surface area contributed by atoms with Crippen molar-refractivity contribution in [1.82, 2.24) is 10.2 Å². The summed E-state index contributed by atoms with van der Waals surface area (Å²) in [6, 6.07) is 14.0. The van der Waals surface area contributed by atoms with Crippen LogP contribution in [-0.2, 0) is 11.2 Å². The Morgan fingerprint density at radius 1 is 0.964 bits per heavy atom. The largest absolute Gasteiger partial charge is 0.351 e. The van der Waals surface area contributed by atoms with Gasteiger partial charge in [-0.1, -0.05) is 18.2 Å². The van der Waals surface area contributed by atoms with E-state index >= 15 is 0 Å². The molecule has 28 heavy (non-hydrogen) atoms. The molecule has 0 radical (unpaired) electrons. The van der Waals surface area contributed by atoms with Crippen LogP contribution < -0.4 is 10.2 Å². The van der Waals surface area contributed by atoms with E-state index in [0.717, 1.165) is 49.4 Å². The predicted octanol–water partition coefficient (Wildman–Crippen LogP) is 3.09. The number of amides is 2. The van der Waals surface area contributed by atoms with Crippen molar-refractivity contribution in [2.24, 2.45) is 0 Å². The number of benzene rings is 2. The molecule has 0 aliphatic carbocycles. The lowest BCUT2D eigenvalue weighted by molar-refractivity contribution is -0.116. The van der Waals surface area contributed by atoms with E-state index in [1.165, 1.54) is 18.4 Å². The summed E-state index contributed by atoms with van der Waals surface area (Å²) in [5.74, 6) is 0.0726. The summed E-state index contributed by atoms with van der Waals surface area (Å²) < 4.78 is 0. The average Bonchev–Trinajstić information content (AvgIpc) is 3.37. The van der Waals surface area contributed by atoms with Gasteiger partial charge in [-0.25, -0.2) is 0 Å². The van der Waals surface area contributed by atoms with E-state index in [1.54, 1.807) is 6.92 Å². The lowest BCUT2D eigenvalue weighted by atomic mass is 10.0. The van der Waals surface area contributed by atoms with Gasteiger partial charge in [0.25, 0.3) is 5.91 Å². The zero-order valence-corrected chi connectivity index (χ0v) is 16.4. The number of nitrogens with zero attached hydrogens (tertiary/aromatic N) is 2. The van der Waals surface area contributed by atoms with E-state index in [0.29, 0.717) is 12.1 Å². The lowest BCUT2D eigenvalue weighted by Gasteiger charge is -2.15. The van der Waals surface area contributed by atoms with Crippen molar-refractivity contribution in [1.29, 1.82) is 0 Å². The second-order valence-electron chi connectivity index (χ2n) is 7.65. The van der Waals surface area contributed by atoms with E-state index in [1.807, 2.05) is 41.3 Å². The standard InChI is InChI=1S/C23H27N3O2/c1-17(27)26-14-10-21-16-20(8-9-22(21)26)18-4-6-19(7-5-18)23(28)24-11-15-25-12-2-3-13-25/h4-9,16H,2-3,10-15H2,1H3,(H,24,28). The molecule has 0 atom stereocenters. The molecule has 0 aromatic heterocycles. The number of hydrogen-bond acceptors (Lipinski definition) is 3. The molecule has 2 aliphatic rings. The Bertz CT molecular complexity index is 870. The van der Waals surface area contributed by atoms with Gasteiger partial charge in [-0.05, 0) is 73.3 Å². The SMILES string of the molecule is CC(=O)N1CCc2cc(-c3ccc(C(=O)NCCN4CCCC4)cc3)ccc21. The van der Waals surface area contributed by atoms with Crippen LogP contribution in [0.25, 0.3) is 11.1 Å². The molecule has 0 bridgehead atoms. The molecule has 0 spiro atoms. The Kier molecular flexibility index (Phi) is 5.44. The zero-order chi connectivity index (χ0) is 19.5. The fourth-order valence-corrected chi connectivity index (χ4v) is 4.16. The van der Waals surface area contributed by atoms with Crippen LogP contribution in [0.4, 0.5) is 5.69 Å². The third kappa shape index (κ3) is 3.94. The van der Waals surface area contributed by atoms with Crippen molar-refractivity contribution in [3.05, 3.63) is 53.6 Å². The van der Waals surface area contributed by atoms with E-state index in [9.17, 15) is 9.59 Å². The highest BCUT2D eigenvalue weighted by Gasteiger charge is 2.22. The number of fused-ring (bicyclic) bond motifs is 1. The second kappa shape index (κ2) is 8.15. The number of nitrogens with one attached hydrogen (secondary N) is 1. The molecular formula is C23H27N3O2. The fourth-order valence-electron chi connectivity index (χ4n) is 4.16. The summed E-state index contributed by atoms with van der Waals surface area (Å²) in [7, 11) is 0. The summed E-state index contributed by atoms with van der Waals surface area (Å²) >= 11 is 0. The Morgan fingerprint density at radius 2 is 1.68 bits per heavy atom. The second-order valence-corrected chi connectivity index (χ2v) is 7.65. The van der Waals surface area contributed by atoms with Crippen LogP contribution in [0.5, 0.6) is 0 Å². The average molecular weight is 377 g/mol. The maximum atomic E-state index is 12.4. The Morgan fingerprint density at radius 3 is 2.39 bits per heavy atom. The summed E-state index contributed by atoms with van der Waals surface area (Å²) in [6.45, 7) is 6.28. The van der Waals surface area contributed by atoms with Crippen LogP contribution in [0.2, 0.25) is 0 Å². The molecule has 2 aromatic rings. The quantitative estimate of drug-likeness (QED) is 0.871. The molecule has 5 nitrogen and oxygen atoms in total. The summed E-state index contributed by atoms with van der Waals surface area (Å²) in [5, 5.41) is 3.02. The minimum atomic E-state index is -0.0169. The third-order valence-electron chi connectivity index (χ3n) is 5.75. The van der Waals surface area contributed by atoms with Crippen molar-refractivity contribution in [2.75, 3.05) is 37.6 Å². The lowest BCUT2D eigenvalue weighted by Crippen LogP contribution is -2.33. The number of carbonyl (C=O) groups excluding carboxylic acids is 2. The maximum Gasteiger partial charge on any atom is 0.251 e. The molecule has 146 valence electrons. The highest BCUT2D eigenvalue weighted by atomic mass is 16.2. The van der Waals surface area contributed by atoms with Crippen molar-refractivity contribution in [3.8, 4) is 11.1 Å². The first kappa shape index (κ1) is 18.7. The first-order valence-electron chi connectivity index (χ1n) is 10.1. The van der Waals surface area contributed by atoms with Gasteiger partial charge in [-0.15, -0.1) is 0 Å². The van der Waals surface area contributed by atoms with E-state index < -0.39 is 0 Å². The van der Waals surface area contributed by atoms with Gasteiger partial charge in [0.15, 0.2) is 0 Å². The van der Waals surface area contributed by atoms with Gasteiger partial charge in [-0.3, -0.25) is 9.59 Å². The number of anilines is 1. The number of hydrogen-bond donors (Lipinski definition) is 1. The smallest absolute Gasteiger partial charge is 0.251 e.